The van der Waals surface area contributed by atoms with Gasteiger partial charge in [0.25, 0.3) is 5.91 Å². The summed E-state index contributed by atoms with van der Waals surface area (Å²) < 4.78 is 27.0. The molecule has 23 heavy (non-hydrogen) atoms. The van der Waals surface area contributed by atoms with Gasteiger partial charge >= 0.3 is 0 Å². The summed E-state index contributed by atoms with van der Waals surface area (Å²) in [5.41, 5.74) is 0.00878. The first-order valence-electron chi connectivity index (χ1n) is 6.75. The number of nitrogens with one attached hydrogen (secondary N) is 1. The van der Waals surface area contributed by atoms with E-state index < -0.39 is 34.9 Å². The minimum Gasteiger partial charge on any atom is -0.588 e. The summed E-state index contributed by atoms with van der Waals surface area (Å²) >= 11 is -0.361. The first-order valence-corrected chi connectivity index (χ1v) is 8.67. The van der Waals surface area contributed by atoms with Gasteiger partial charge < -0.3 is 9.87 Å². The quantitative estimate of drug-likeness (QED) is 0.666. The van der Waals surface area contributed by atoms with Crippen LogP contribution in [0.2, 0.25) is 0 Å². The highest BCUT2D eigenvalue weighted by molar-refractivity contribution is 7.90. The Balaban J connectivity index is 1.97. The molecule has 2 heterocycles. The van der Waals surface area contributed by atoms with Crippen molar-refractivity contribution in [1.82, 2.24) is 4.31 Å². The molecule has 0 saturated heterocycles. The number of aryl methyl sites for hydroxylation is 1. The van der Waals surface area contributed by atoms with Crippen LogP contribution in [-0.2, 0) is 21.0 Å². The number of para-hydroxylation sites is 1. The van der Waals surface area contributed by atoms with Crippen molar-refractivity contribution in [3.63, 3.8) is 0 Å². The number of likely N-dealkylation sites (N-methyl/N-ethyl adjacent to an activating group) is 1. The van der Waals surface area contributed by atoms with E-state index in [2.05, 4.69) is 5.32 Å². The van der Waals surface area contributed by atoms with Crippen LogP contribution in [0.3, 0.4) is 0 Å². The molecule has 0 radical (unpaired) electrons. The number of rotatable bonds is 2. The molecule has 2 amide bonds. The molecule has 0 spiro atoms. The monoisotopic (exact) mass is 352 g/mol. The smallest absolute Gasteiger partial charge is 0.282 e. The molecule has 0 fully saturated rings. The Morgan fingerprint density at radius 1 is 1.43 bits per heavy atom. The van der Waals surface area contributed by atoms with Crippen LogP contribution in [0.25, 0.3) is 0 Å². The van der Waals surface area contributed by atoms with Gasteiger partial charge in [-0.2, -0.15) is 4.31 Å². The average Bonchev–Trinajstić information content (AvgIpc) is 2.89. The summed E-state index contributed by atoms with van der Waals surface area (Å²) in [6.07, 6.45) is 0. The summed E-state index contributed by atoms with van der Waals surface area (Å²) in [6.45, 7) is 1.82. The van der Waals surface area contributed by atoms with Gasteiger partial charge in [0.2, 0.25) is 5.91 Å². The van der Waals surface area contributed by atoms with Crippen LogP contribution in [0.4, 0.5) is 10.1 Å². The standard InChI is InChI=1S/C15H13FN2O3S2/c1-8-7-11-13(22-8)12(15(20)18(2)23(11)21)14(19)17-10-6-4-3-5-9(10)16/h3-7,12H,1-2H3,(H,17,19). The van der Waals surface area contributed by atoms with Gasteiger partial charge in [-0.15, -0.1) is 11.3 Å². The average molecular weight is 352 g/mol. The van der Waals surface area contributed by atoms with Gasteiger partial charge in [0.15, 0.2) is 10.8 Å². The molecule has 0 saturated carbocycles. The summed E-state index contributed by atoms with van der Waals surface area (Å²) in [6, 6.07) is 7.45. The molecule has 0 bridgehead atoms. The van der Waals surface area contributed by atoms with Crippen molar-refractivity contribution in [2.75, 3.05) is 12.4 Å². The number of hydrogen-bond donors (Lipinski definition) is 1. The van der Waals surface area contributed by atoms with E-state index >= 15 is 0 Å². The molecule has 1 aliphatic rings. The highest BCUT2D eigenvalue weighted by Gasteiger charge is 2.46. The number of carbonyl (C=O) groups excluding carboxylic acids is 2. The van der Waals surface area contributed by atoms with Gasteiger partial charge in [0, 0.05) is 10.9 Å². The van der Waals surface area contributed by atoms with Crippen molar-refractivity contribution < 1.29 is 18.5 Å². The number of anilines is 1. The minimum atomic E-state index is -1.62. The van der Waals surface area contributed by atoms with Crippen molar-refractivity contribution in [3.8, 4) is 0 Å². The zero-order chi connectivity index (χ0) is 16.7. The molecule has 2 aromatic rings. The van der Waals surface area contributed by atoms with Crippen molar-refractivity contribution >= 4 is 40.2 Å². The maximum Gasteiger partial charge on any atom is 0.282 e. The minimum absolute atomic E-state index is 0.00878. The molecule has 1 aromatic carbocycles. The zero-order valence-corrected chi connectivity index (χ0v) is 14.0. The second-order valence-electron chi connectivity index (χ2n) is 5.07. The number of fused-ring (bicyclic) bond motifs is 1. The van der Waals surface area contributed by atoms with Crippen molar-refractivity contribution in [1.29, 1.82) is 0 Å². The van der Waals surface area contributed by atoms with Gasteiger partial charge in [0.1, 0.15) is 17.2 Å². The van der Waals surface area contributed by atoms with E-state index in [9.17, 15) is 18.5 Å². The largest absolute Gasteiger partial charge is 0.588 e. The van der Waals surface area contributed by atoms with Crippen molar-refractivity contribution in [3.05, 3.63) is 45.9 Å². The molecule has 2 unspecified atom stereocenters. The molecular formula is C15H13FN2O3S2. The van der Waals surface area contributed by atoms with Crippen molar-refractivity contribution in [2.45, 2.75) is 17.7 Å². The van der Waals surface area contributed by atoms with E-state index in [0.717, 1.165) is 9.18 Å². The van der Waals surface area contributed by atoms with Gasteiger partial charge in [0.05, 0.1) is 17.6 Å². The maximum absolute atomic E-state index is 13.7. The zero-order valence-electron chi connectivity index (χ0n) is 12.3. The Morgan fingerprint density at radius 2 is 2.13 bits per heavy atom. The lowest BCUT2D eigenvalue weighted by atomic mass is 10.1. The van der Waals surface area contributed by atoms with Crippen LogP contribution in [0.5, 0.6) is 0 Å². The predicted molar refractivity (Wildman–Crippen MR) is 86.0 cm³/mol. The van der Waals surface area contributed by atoms with Crippen LogP contribution in [-0.4, -0.2) is 27.7 Å². The summed E-state index contributed by atoms with van der Waals surface area (Å²) in [5, 5.41) is 2.44. The first kappa shape index (κ1) is 16.0. The highest BCUT2D eigenvalue weighted by atomic mass is 32.2. The van der Waals surface area contributed by atoms with E-state index in [0.29, 0.717) is 9.77 Å². The Morgan fingerprint density at radius 3 is 2.83 bits per heavy atom. The second kappa shape index (κ2) is 5.95. The molecule has 8 heteroatoms. The lowest BCUT2D eigenvalue weighted by molar-refractivity contribution is -0.132. The first-order chi connectivity index (χ1) is 10.9. The second-order valence-corrected chi connectivity index (χ2v) is 7.85. The molecular weight excluding hydrogens is 339 g/mol. The third-order valence-electron chi connectivity index (χ3n) is 3.50. The Bertz CT molecular complexity index is 793. The number of halogens is 1. The molecule has 1 aromatic heterocycles. The number of thiophene rings is 1. The van der Waals surface area contributed by atoms with Crippen LogP contribution in [0, 0.1) is 12.7 Å². The van der Waals surface area contributed by atoms with Gasteiger partial charge in [-0.25, -0.2) is 4.39 Å². The molecule has 1 aliphatic heterocycles. The number of amides is 2. The summed E-state index contributed by atoms with van der Waals surface area (Å²) in [5.74, 6) is -2.90. The number of benzene rings is 1. The normalized spacial score (nSPS) is 20.3. The lowest BCUT2D eigenvalue weighted by Crippen LogP contribution is -2.45. The van der Waals surface area contributed by atoms with E-state index in [4.69, 9.17) is 0 Å². The van der Waals surface area contributed by atoms with Crippen LogP contribution in [0.15, 0.2) is 35.2 Å². The lowest BCUT2D eigenvalue weighted by Gasteiger charge is -2.28. The Hall–Kier alpha value is -1.90. The van der Waals surface area contributed by atoms with Gasteiger partial charge in [-0.1, -0.05) is 12.1 Å². The fraction of sp³-hybridized carbons (Fsp3) is 0.200. The van der Waals surface area contributed by atoms with Crippen LogP contribution < -0.4 is 5.32 Å². The fourth-order valence-electron chi connectivity index (χ4n) is 2.37. The highest BCUT2D eigenvalue weighted by Crippen LogP contribution is 2.40. The Labute approximate surface area is 139 Å². The SMILES string of the molecule is Cc1cc2c(s1)C(C(=O)Nc1ccccc1F)C(=O)N(C)[S+]2[O-]. The molecule has 3 rings (SSSR count). The van der Waals surface area contributed by atoms with Gasteiger partial charge in [-0.3, -0.25) is 9.59 Å². The topological polar surface area (TPSA) is 72.5 Å². The van der Waals surface area contributed by atoms with Crippen LogP contribution >= 0.6 is 11.3 Å². The molecule has 120 valence electrons. The molecule has 1 N–H and O–H groups in total. The third-order valence-corrected chi connectivity index (χ3v) is 6.13. The van der Waals surface area contributed by atoms with E-state index in [-0.39, 0.29) is 5.69 Å². The van der Waals surface area contributed by atoms with E-state index in [1.807, 2.05) is 6.92 Å². The molecule has 2 atom stereocenters. The fourth-order valence-corrected chi connectivity index (χ4v) is 4.92. The summed E-state index contributed by atoms with van der Waals surface area (Å²) in [4.78, 5) is 26.7. The molecule has 0 aliphatic carbocycles. The predicted octanol–water partition coefficient (Wildman–Crippen LogP) is 2.41. The van der Waals surface area contributed by atoms with E-state index in [1.54, 1.807) is 12.1 Å². The third kappa shape index (κ3) is 2.73. The van der Waals surface area contributed by atoms with Crippen molar-refractivity contribution in [2.24, 2.45) is 0 Å². The molecule has 5 nitrogen and oxygen atoms in total. The number of carbonyl (C=O) groups is 2. The summed E-state index contributed by atoms with van der Waals surface area (Å²) in [7, 11) is 1.39. The maximum atomic E-state index is 13.7. The number of hydrogen-bond acceptors (Lipinski definition) is 4. The number of nitrogens with zero attached hydrogens (tertiary/aromatic N) is 1. The van der Waals surface area contributed by atoms with Crippen LogP contribution in [0.1, 0.15) is 15.7 Å². The van der Waals surface area contributed by atoms with Gasteiger partial charge in [-0.05, 0) is 19.1 Å². The van der Waals surface area contributed by atoms with E-state index in [1.165, 1.54) is 36.6 Å². The Kier molecular flexibility index (Phi) is 4.13.